The maximum atomic E-state index is 8.74. The zero-order valence-electron chi connectivity index (χ0n) is 5.90. The summed E-state index contributed by atoms with van der Waals surface area (Å²) >= 11 is 1.91. The van der Waals surface area contributed by atoms with Crippen LogP contribution in [0.3, 0.4) is 0 Å². The van der Waals surface area contributed by atoms with Gasteiger partial charge in [0.2, 0.25) is 0 Å². The van der Waals surface area contributed by atoms with Gasteiger partial charge in [0.1, 0.15) is 6.07 Å². The van der Waals surface area contributed by atoms with Crippen LogP contribution in [0.1, 0.15) is 5.69 Å². The first-order chi connectivity index (χ1) is 5.65. The molecule has 12 heavy (non-hydrogen) atoms. The third kappa shape index (κ3) is 1.94. The molecular weight excluding hydrogens is 270 g/mol. The van der Waals surface area contributed by atoms with Crippen LogP contribution in [0.5, 0.6) is 0 Å². The number of nitriles is 1. The highest BCUT2D eigenvalue weighted by atomic mass is 127. The molecule has 60 valence electrons. The van der Waals surface area contributed by atoms with E-state index in [0.29, 0.717) is 14.7 Å². The lowest BCUT2D eigenvalue weighted by Crippen LogP contribution is -2.30. The van der Waals surface area contributed by atoms with Crippen molar-refractivity contribution in [2.45, 2.75) is 0 Å². The summed E-state index contributed by atoms with van der Waals surface area (Å²) in [5.41, 5.74) is 0.582. The molecule has 0 amide bonds. The van der Waals surface area contributed by atoms with E-state index >= 15 is 0 Å². The van der Waals surface area contributed by atoms with Crippen LogP contribution in [0, 0.1) is 14.9 Å². The molecule has 1 aromatic rings. The van der Waals surface area contributed by atoms with Crippen LogP contribution in [0.25, 0.3) is 0 Å². The Balaban J connectivity index is 3.12. The first-order valence-corrected chi connectivity index (χ1v) is 4.14. The fourth-order valence-corrected chi connectivity index (χ4v) is 1.30. The van der Waals surface area contributed by atoms with Gasteiger partial charge in [0.25, 0.3) is 0 Å². The Labute approximate surface area is 83.2 Å². The molecule has 0 aliphatic carbocycles. The van der Waals surface area contributed by atoms with E-state index in [0.717, 1.165) is 0 Å². The smallest absolute Gasteiger partial charge is 0.423 e. The molecule has 0 fully saturated rings. The van der Waals surface area contributed by atoms with Crippen molar-refractivity contribution in [2.75, 3.05) is 0 Å². The normalized spacial score (nSPS) is 9.17. The van der Waals surface area contributed by atoms with Crippen LogP contribution in [0.2, 0.25) is 0 Å². The number of aromatic nitrogens is 1. The summed E-state index contributed by atoms with van der Waals surface area (Å²) in [7, 11) is -1.53. The van der Waals surface area contributed by atoms with Crippen molar-refractivity contribution in [2.24, 2.45) is 0 Å². The van der Waals surface area contributed by atoms with Crippen molar-refractivity contribution in [1.82, 2.24) is 4.98 Å². The van der Waals surface area contributed by atoms with E-state index < -0.39 is 7.12 Å². The Kier molecular flexibility index (Phi) is 3.02. The average Bonchev–Trinajstić information content (AvgIpc) is 2.04. The first-order valence-electron chi connectivity index (χ1n) is 3.07. The summed E-state index contributed by atoms with van der Waals surface area (Å²) in [4.78, 5) is 3.73. The van der Waals surface area contributed by atoms with Crippen LogP contribution in [-0.4, -0.2) is 22.2 Å². The van der Waals surface area contributed by atoms with Gasteiger partial charge in [0.05, 0.1) is 0 Å². The maximum absolute atomic E-state index is 8.74. The van der Waals surface area contributed by atoms with Crippen molar-refractivity contribution in [3.05, 3.63) is 21.5 Å². The second-order valence-corrected chi connectivity index (χ2v) is 3.25. The summed E-state index contributed by atoms with van der Waals surface area (Å²) < 4.78 is 0.612. The van der Waals surface area contributed by atoms with Crippen molar-refractivity contribution < 1.29 is 10.0 Å². The molecular formula is C6H4BIN2O2. The largest absolute Gasteiger partial charge is 0.490 e. The number of pyridine rings is 1. The Bertz CT molecular complexity index is 337. The molecule has 4 nitrogen and oxygen atoms in total. The predicted octanol–water partition coefficient (Wildman–Crippen LogP) is -0.762. The molecule has 2 N–H and O–H groups in total. The molecule has 6 heteroatoms. The highest BCUT2D eigenvalue weighted by Gasteiger charge is 2.12. The SMILES string of the molecule is N#Cc1ncc(B(O)O)cc1I. The molecule has 0 atom stereocenters. The minimum atomic E-state index is -1.53. The van der Waals surface area contributed by atoms with E-state index in [1.165, 1.54) is 12.3 Å². The van der Waals surface area contributed by atoms with E-state index in [9.17, 15) is 0 Å². The standard InChI is InChI=1S/C6H4BIN2O2/c8-5-1-4(7(11)12)3-10-6(5)2-9/h1,3,11-12H. The van der Waals surface area contributed by atoms with E-state index in [1.807, 2.05) is 28.7 Å². The van der Waals surface area contributed by atoms with Crippen LogP contribution in [0.4, 0.5) is 0 Å². The Morgan fingerprint density at radius 1 is 1.58 bits per heavy atom. The predicted molar refractivity (Wildman–Crippen MR) is 51.5 cm³/mol. The molecule has 1 aromatic heterocycles. The summed E-state index contributed by atoms with van der Waals surface area (Å²) in [5, 5.41) is 26.0. The van der Waals surface area contributed by atoms with E-state index in [1.54, 1.807) is 0 Å². The van der Waals surface area contributed by atoms with Crippen LogP contribution < -0.4 is 5.46 Å². The van der Waals surface area contributed by atoms with Crippen molar-refractivity contribution in [3.63, 3.8) is 0 Å². The minimum absolute atomic E-state index is 0.290. The van der Waals surface area contributed by atoms with Gasteiger partial charge in [-0.3, -0.25) is 0 Å². The van der Waals surface area contributed by atoms with E-state index in [4.69, 9.17) is 15.3 Å². The molecule has 0 aliphatic rings. The van der Waals surface area contributed by atoms with Crippen LogP contribution in [0.15, 0.2) is 12.3 Å². The molecule has 1 rings (SSSR count). The summed E-state index contributed by atoms with van der Waals surface area (Å²) in [6.45, 7) is 0. The molecule has 0 radical (unpaired) electrons. The average molecular weight is 274 g/mol. The van der Waals surface area contributed by atoms with Crippen LogP contribution in [-0.2, 0) is 0 Å². The summed E-state index contributed by atoms with van der Waals surface area (Å²) in [5.74, 6) is 0. The molecule has 0 aromatic carbocycles. The first kappa shape index (κ1) is 9.44. The second kappa shape index (κ2) is 3.84. The molecule has 0 bridgehead atoms. The summed E-state index contributed by atoms with van der Waals surface area (Å²) in [6, 6.07) is 3.39. The Morgan fingerprint density at radius 3 is 2.67 bits per heavy atom. The second-order valence-electron chi connectivity index (χ2n) is 2.08. The highest BCUT2D eigenvalue weighted by molar-refractivity contribution is 14.1. The molecule has 0 unspecified atom stereocenters. The molecule has 0 saturated heterocycles. The van der Waals surface area contributed by atoms with Gasteiger partial charge < -0.3 is 10.0 Å². The summed E-state index contributed by atoms with van der Waals surface area (Å²) in [6.07, 6.45) is 1.27. The number of nitrogens with zero attached hydrogens (tertiary/aromatic N) is 2. The van der Waals surface area contributed by atoms with Crippen molar-refractivity contribution in [1.29, 1.82) is 5.26 Å². The minimum Gasteiger partial charge on any atom is -0.423 e. The zero-order valence-corrected chi connectivity index (χ0v) is 8.06. The molecule has 0 aliphatic heterocycles. The number of rotatable bonds is 1. The lowest BCUT2D eigenvalue weighted by molar-refractivity contribution is 0.425. The third-order valence-corrected chi connectivity index (χ3v) is 2.09. The quantitative estimate of drug-likeness (QED) is 0.521. The van der Waals surface area contributed by atoms with Gasteiger partial charge in [0.15, 0.2) is 5.69 Å². The van der Waals surface area contributed by atoms with Gasteiger partial charge in [-0.05, 0) is 28.7 Å². The monoisotopic (exact) mass is 274 g/mol. The lowest BCUT2D eigenvalue weighted by atomic mass is 9.82. The Hall–Kier alpha value is -0.645. The third-order valence-electron chi connectivity index (χ3n) is 1.27. The van der Waals surface area contributed by atoms with Gasteiger partial charge in [-0.2, -0.15) is 5.26 Å². The van der Waals surface area contributed by atoms with Crippen molar-refractivity contribution >= 4 is 35.2 Å². The van der Waals surface area contributed by atoms with Crippen molar-refractivity contribution in [3.8, 4) is 6.07 Å². The number of halogens is 1. The zero-order chi connectivity index (χ0) is 9.14. The molecule has 1 heterocycles. The van der Waals surface area contributed by atoms with E-state index in [-0.39, 0.29) is 0 Å². The lowest BCUT2D eigenvalue weighted by Gasteiger charge is -1.99. The van der Waals surface area contributed by atoms with Gasteiger partial charge in [-0.25, -0.2) is 4.98 Å². The number of hydrogen-bond donors (Lipinski definition) is 2. The fraction of sp³-hybridized carbons (Fsp3) is 0. The van der Waals surface area contributed by atoms with Gasteiger partial charge in [-0.15, -0.1) is 0 Å². The fourth-order valence-electron chi connectivity index (χ4n) is 0.676. The topological polar surface area (TPSA) is 77.1 Å². The van der Waals surface area contributed by atoms with Gasteiger partial charge >= 0.3 is 7.12 Å². The number of hydrogen-bond acceptors (Lipinski definition) is 4. The van der Waals surface area contributed by atoms with Crippen LogP contribution >= 0.6 is 22.6 Å². The highest BCUT2D eigenvalue weighted by Crippen LogP contribution is 2.05. The Morgan fingerprint density at radius 2 is 2.25 bits per heavy atom. The molecule has 0 saturated carbocycles. The maximum Gasteiger partial charge on any atom is 0.490 e. The van der Waals surface area contributed by atoms with E-state index in [2.05, 4.69) is 4.98 Å². The van der Waals surface area contributed by atoms with Gasteiger partial charge in [-0.1, -0.05) is 0 Å². The van der Waals surface area contributed by atoms with Gasteiger partial charge in [0, 0.05) is 15.2 Å². The molecule has 0 spiro atoms.